The van der Waals surface area contributed by atoms with Gasteiger partial charge < -0.3 is 43.6 Å². The van der Waals surface area contributed by atoms with Crippen molar-refractivity contribution in [2.24, 2.45) is 5.41 Å². The van der Waals surface area contributed by atoms with E-state index in [1.807, 2.05) is 91.9 Å². The summed E-state index contributed by atoms with van der Waals surface area (Å²) in [5.41, 5.74) is 6.23. The fourth-order valence-corrected chi connectivity index (χ4v) is 14.4. The van der Waals surface area contributed by atoms with E-state index in [2.05, 4.69) is 74.5 Å². The Labute approximate surface area is 410 Å². The summed E-state index contributed by atoms with van der Waals surface area (Å²) in [5, 5.41) is 7.01. The maximum Gasteiger partial charge on any atom is 0.408 e. The van der Waals surface area contributed by atoms with Crippen molar-refractivity contribution in [2.75, 3.05) is 45.4 Å². The molecule has 1 saturated heterocycles. The van der Waals surface area contributed by atoms with Gasteiger partial charge in [-0.15, -0.1) is 0 Å². The number of hydrogen-bond donors (Lipinski definition) is 2. The number of hydrogen-bond acceptors (Lipinski definition) is 10. The molecule has 0 bridgehead atoms. The van der Waals surface area contributed by atoms with Crippen LogP contribution in [0.3, 0.4) is 0 Å². The van der Waals surface area contributed by atoms with Gasteiger partial charge in [0.15, 0.2) is 0 Å². The highest BCUT2D eigenvalue weighted by molar-refractivity contribution is 6.99. The number of halogens is 3. The van der Waals surface area contributed by atoms with Crippen LogP contribution in [0.25, 0.3) is 16.6 Å². The number of hydrazine groups is 1. The van der Waals surface area contributed by atoms with Gasteiger partial charge in [0.2, 0.25) is 0 Å². The lowest BCUT2D eigenvalue weighted by Gasteiger charge is -2.45. The molecular formula is C54H66F3N5O7Si. The number of morpholine rings is 1. The Balaban J connectivity index is 1.27. The summed E-state index contributed by atoms with van der Waals surface area (Å²) < 4.78 is 76.2. The van der Waals surface area contributed by atoms with Crippen LogP contribution in [-0.2, 0) is 47.7 Å². The highest BCUT2D eigenvalue weighted by Crippen LogP contribution is 2.43. The predicted octanol–water partition coefficient (Wildman–Crippen LogP) is 9.08. The van der Waals surface area contributed by atoms with Crippen LogP contribution in [0.5, 0.6) is 0 Å². The number of alkyl carbamates (subject to hydrolysis) is 1. The molecule has 0 unspecified atom stereocenters. The van der Waals surface area contributed by atoms with Crippen LogP contribution in [0.15, 0.2) is 128 Å². The van der Waals surface area contributed by atoms with Gasteiger partial charge >= 0.3 is 18.2 Å². The Bertz CT molecular complexity index is 2580. The van der Waals surface area contributed by atoms with Crippen molar-refractivity contribution in [1.29, 1.82) is 0 Å². The number of carbonyl (C=O) groups is 2. The Morgan fingerprint density at radius 2 is 1.54 bits per heavy atom. The van der Waals surface area contributed by atoms with Gasteiger partial charge in [0.1, 0.15) is 25.4 Å². The number of methoxy groups -OCH3 is 2. The molecule has 1 amide bonds. The van der Waals surface area contributed by atoms with Crippen molar-refractivity contribution in [3.63, 3.8) is 0 Å². The third-order valence-corrected chi connectivity index (χ3v) is 18.0. The fourth-order valence-electron chi connectivity index (χ4n) is 9.65. The van der Waals surface area contributed by atoms with E-state index in [0.717, 1.165) is 27.2 Å². The van der Waals surface area contributed by atoms with Crippen LogP contribution in [0.4, 0.5) is 23.7 Å². The minimum Gasteiger partial charge on any atom is -0.467 e. The van der Waals surface area contributed by atoms with Crippen LogP contribution in [-0.4, -0.2) is 95.0 Å². The topological polar surface area (TPSA) is 116 Å². The summed E-state index contributed by atoms with van der Waals surface area (Å²) in [6.07, 6.45) is -0.667. The zero-order valence-electron chi connectivity index (χ0n) is 41.3. The van der Waals surface area contributed by atoms with Crippen LogP contribution in [0, 0.1) is 5.41 Å². The van der Waals surface area contributed by atoms with Crippen LogP contribution in [0.2, 0.25) is 5.04 Å². The molecule has 70 heavy (non-hydrogen) atoms. The number of carbonyl (C=O) groups excluding carboxylic acids is 2. The van der Waals surface area contributed by atoms with Gasteiger partial charge in [-0.05, 0) is 75.6 Å². The van der Waals surface area contributed by atoms with Crippen molar-refractivity contribution in [1.82, 2.24) is 20.3 Å². The molecule has 1 aromatic heterocycles. The minimum absolute atomic E-state index is 0.0179. The second-order valence-corrected chi connectivity index (χ2v) is 24.0. The standard InChI is InChI=1S/C54H66F3N5O7Si/c1-38(65-7)62-48(25-18-28-58-62)49-45(33-53(5,6)37-69-70(52(2,3)4,42-21-14-10-15-22-42)43-23-16-11-17-24-43)44-31-40(26-27-47(44)61(49)36-54(55,56)57)60-29-30-67-41(34-60)32-46(50(63)66-8)59-51(64)68-35-39-19-12-9-13-20-39/h9-28,31,38,41,46,58H,29-30,32-37H2,1-8H3,(H,59,64)/t38-,41-,46-/m0/s1. The normalized spacial score (nSPS) is 16.6. The lowest BCUT2D eigenvalue weighted by Crippen LogP contribution is -2.67. The average molecular weight is 982 g/mol. The van der Waals surface area contributed by atoms with Crippen molar-refractivity contribution in [2.45, 2.75) is 97.1 Å². The van der Waals surface area contributed by atoms with Crippen molar-refractivity contribution >= 4 is 53.0 Å². The van der Waals surface area contributed by atoms with Crippen LogP contribution < -0.4 is 26.0 Å². The summed E-state index contributed by atoms with van der Waals surface area (Å²) in [5.74, 6) is -0.651. The molecule has 16 heteroatoms. The van der Waals surface area contributed by atoms with Crippen LogP contribution in [0.1, 0.15) is 64.8 Å². The zero-order chi connectivity index (χ0) is 50.3. The molecule has 0 aliphatic carbocycles. The highest BCUT2D eigenvalue weighted by atomic mass is 28.4. The molecule has 12 nitrogen and oxygen atoms in total. The second-order valence-electron chi connectivity index (χ2n) is 19.7. The first-order chi connectivity index (χ1) is 33.3. The van der Waals surface area contributed by atoms with E-state index in [-0.39, 0.29) is 18.1 Å². The summed E-state index contributed by atoms with van der Waals surface area (Å²) in [6.45, 7) is 12.9. The monoisotopic (exact) mass is 981 g/mol. The third-order valence-electron chi connectivity index (χ3n) is 13.0. The number of aromatic nitrogens is 1. The Kier molecular flexibility index (Phi) is 16.2. The lowest BCUT2D eigenvalue weighted by atomic mass is 9.85. The second kappa shape index (κ2) is 21.9. The number of ether oxygens (including phenoxy) is 4. The molecule has 0 saturated carbocycles. The first-order valence-electron chi connectivity index (χ1n) is 23.7. The van der Waals surface area contributed by atoms with E-state index >= 15 is 0 Å². The SMILES string of the molecule is COC(=O)[C@H](C[C@H]1CN(c2ccc3c(c2)c(CC(C)(C)CO[Si](c2ccccc2)(c2ccccc2)C(C)(C)C)c(C2=CC=CNN2[C@H](C)OC)n3CC(F)(F)F)CCO1)NC(=O)OCc1ccccc1. The summed E-state index contributed by atoms with van der Waals surface area (Å²) >= 11 is 0. The maximum absolute atomic E-state index is 15.0. The zero-order valence-corrected chi connectivity index (χ0v) is 42.3. The molecule has 4 aromatic carbocycles. The highest BCUT2D eigenvalue weighted by Gasteiger charge is 2.51. The van der Waals surface area contributed by atoms with Crippen molar-refractivity contribution in [3.05, 3.63) is 144 Å². The molecule has 0 spiro atoms. The molecule has 0 radical (unpaired) electrons. The number of nitrogens with zero attached hydrogens (tertiary/aromatic N) is 3. The van der Waals surface area contributed by atoms with E-state index < -0.39 is 56.9 Å². The predicted molar refractivity (Wildman–Crippen MR) is 270 cm³/mol. The molecule has 3 atom stereocenters. The number of fused-ring (bicyclic) bond motifs is 1. The number of amides is 1. The average Bonchev–Trinajstić information content (AvgIpc) is 3.62. The van der Waals surface area contributed by atoms with Gasteiger partial charge in [0, 0.05) is 56.0 Å². The molecular weight excluding hydrogens is 916 g/mol. The number of allylic oxidation sites excluding steroid dienone is 2. The van der Waals surface area contributed by atoms with E-state index in [0.29, 0.717) is 55.0 Å². The van der Waals surface area contributed by atoms with Crippen molar-refractivity contribution in [3.8, 4) is 0 Å². The molecule has 2 aliphatic rings. The molecule has 7 rings (SSSR count). The molecule has 374 valence electrons. The third kappa shape index (κ3) is 11.9. The molecule has 5 aromatic rings. The van der Waals surface area contributed by atoms with Crippen LogP contribution >= 0.6 is 0 Å². The van der Waals surface area contributed by atoms with E-state index in [9.17, 15) is 22.8 Å². The first-order valence-corrected chi connectivity index (χ1v) is 25.6. The fraction of sp³-hybridized carbons (Fsp3) is 0.407. The lowest BCUT2D eigenvalue weighted by molar-refractivity contribution is -0.144. The molecule has 3 heterocycles. The summed E-state index contributed by atoms with van der Waals surface area (Å²) in [4.78, 5) is 28.0. The number of alkyl halides is 3. The van der Waals surface area contributed by atoms with E-state index in [1.165, 1.54) is 11.7 Å². The molecule has 1 fully saturated rings. The largest absolute Gasteiger partial charge is 0.467 e. The Morgan fingerprint density at radius 1 is 0.900 bits per heavy atom. The van der Waals surface area contributed by atoms with Gasteiger partial charge in [-0.1, -0.05) is 126 Å². The Morgan fingerprint density at radius 3 is 2.14 bits per heavy atom. The number of anilines is 1. The number of esters is 1. The maximum atomic E-state index is 15.0. The summed E-state index contributed by atoms with van der Waals surface area (Å²) in [7, 11) is -0.199. The van der Waals surface area contributed by atoms with Gasteiger partial charge in [0.05, 0.1) is 31.2 Å². The van der Waals surface area contributed by atoms with Gasteiger partial charge in [-0.3, -0.25) is 5.01 Å². The van der Waals surface area contributed by atoms with Gasteiger partial charge in [-0.25, -0.2) is 9.59 Å². The van der Waals surface area contributed by atoms with Gasteiger partial charge in [-0.2, -0.15) is 13.2 Å². The summed E-state index contributed by atoms with van der Waals surface area (Å²) in [6, 6.07) is 34.5. The smallest absolute Gasteiger partial charge is 0.408 e. The van der Waals surface area contributed by atoms with E-state index in [1.54, 1.807) is 30.5 Å². The quantitative estimate of drug-likeness (QED) is 0.0651. The first kappa shape index (κ1) is 51.8. The van der Waals surface area contributed by atoms with E-state index in [4.69, 9.17) is 23.4 Å². The number of nitrogens with one attached hydrogen (secondary N) is 2. The molecule has 2 aliphatic heterocycles. The minimum atomic E-state index is -4.57. The number of rotatable bonds is 18. The van der Waals surface area contributed by atoms with Gasteiger partial charge in [0.25, 0.3) is 8.32 Å². The molecule has 2 N–H and O–H groups in total. The Hall–Kier alpha value is -6.07. The number of benzene rings is 4. The van der Waals surface area contributed by atoms with Crippen molar-refractivity contribution < 1.29 is 46.1 Å².